The van der Waals surface area contributed by atoms with E-state index in [1.54, 1.807) is 13.2 Å². The molecule has 2 unspecified atom stereocenters. The average Bonchev–Trinajstić information content (AvgIpc) is 2.28. The fraction of sp³-hybridized carbons (Fsp3) is 0.636. The van der Waals surface area contributed by atoms with Gasteiger partial charge < -0.3 is 10.6 Å². The van der Waals surface area contributed by atoms with Crippen molar-refractivity contribution in [2.45, 2.75) is 31.8 Å². The molecule has 1 fully saturated rings. The van der Waals surface area contributed by atoms with E-state index in [1.807, 2.05) is 0 Å². The van der Waals surface area contributed by atoms with Gasteiger partial charge >= 0.3 is 0 Å². The van der Waals surface area contributed by atoms with E-state index in [0.29, 0.717) is 10.5 Å². The number of anilines is 1. The van der Waals surface area contributed by atoms with Crippen LogP contribution in [0.15, 0.2) is 15.5 Å². The number of piperidine rings is 1. The van der Waals surface area contributed by atoms with Gasteiger partial charge in [-0.25, -0.2) is 4.68 Å². The monoisotopic (exact) mass is 300 g/mol. The van der Waals surface area contributed by atoms with Crippen LogP contribution >= 0.6 is 15.9 Å². The van der Waals surface area contributed by atoms with Crippen LogP contribution in [-0.4, -0.2) is 28.4 Å². The van der Waals surface area contributed by atoms with Gasteiger partial charge in [-0.15, -0.1) is 0 Å². The molecule has 6 heteroatoms. The van der Waals surface area contributed by atoms with Crippen LogP contribution in [0.2, 0.25) is 0 Å². The molecule has 0 aromatic carbocycles. The van der Waals surface area contributed by atoms with Gasteiger partial charge in [0, 0.05) is 25.7 Å². The Morgan fingerprint density at radius 3 is 2.94 bits per heavy atom. The van der Waals surface area contributed by atoms with Crippen molar-refractivity contribution in [1.29, 1.82) is 0 Å². The largest absolute Gasteiger partial charge is 0.366 e. The van der Waals surface area contributed by atoms with Crippen LogP contribution in [0.5, 0.6) is 0 Å². The van der Waals surface area contributed by atoms with Crippen LogP contribution in [0.25, 0.3) is 0 Å². The van der Waals surface area contributed by atoms with Crippen LogP contribution in [0, 0.1) is 0 Å². The normalized spacial score (nSPS) is 25.1. The molecule has 2 atom stereocenters. The van der Waals surface area contributed by atoms with E-state index in [4.69, 9.17) is 5.73 Å². The lowest BCUT2D eigenvalue weighted by atomic mass is 9.99. The number of aryl methyl sites for hydroxylation is 1. The molecule has 0 amide bonds. The topological polar surface area (TPSA) is 64.2 Å². The number of nitrogens with zero attached hydrogens (tertiary/aromatic N) is 3. The highest BCUT2D eigenvalue weighted by atomic mass is 79.9. The maximum absolute atomic E-state index is 11.8. The van der Waals surface area contributed by atoms with Gasteiger partial charge in [-0.2, -0.15) is 5.10 Å². The molecule has 1 aromatic rings. The lowest BCUT2D eigenvalue weighted by Crippen LogP contribution is -2.46. The van der Waals surface area contributed by atoms with E-state index in [2.05, 4.69) is 32.9 Å². The van der Waals surface area contributed by atoms with Crippen molar-refractivity contribution in [3.05, 3.63) is 21.0 Å². The SMILES string of the molecule is CC1CC(N)CCN1c1cnn(C)c(=O)c1Br. The van der Waals surface area contributed by atoms with E-state index >= 15 is 0 Å². The minimum atomic E-state index is -0.107. The lowest BCUT2D eigenvalue weighted by Gasteiger charge is -2.38. The summed E-state index contributed by atoms with van der Waals surface area (Å²) in [5, 5.41) is 4.07. The van der Waals surface area contributed by atoms with Crippen molar-refractivity contribution in [2.75, 3.05) is 11.4 Å². The predicted octanol–water partition coefficient (Wildman–Crippen LogP) is 0.859. The Morgan fingerprint density at radius 2 is 2.29 bits per heavy atom. The molecule has 1 aliphatic rings. The molecule has 0 spiro atoms. The fourth-order valence-electron chi connectivity index (χ4n) is 2.27. The Morgan fingerprint density at radius 1 is 1.59 bits per heavy atom. The molecule has 1 aliphatic heterocycles. The summed E-state index contributed by atoms with van der Waals surface area (Å²) in [4.78, 5) is 14.0. The Labute approximate surface area is 109 Å². The van der Waals surface area contributed by atoms with Gasteiger partial charge in [0.25, 0.3) is 5.56 Å². The first-order valence-corrected chi connectivity index (χ1v) is 6.54. The second-order valence-corrected chi connectivity index (χ2v) is 5.39. The number of nitrogens with two attached hydrogens (primary N) is 1. The maximum atomic E-state index is 11.8. The van der Waals surface area contributed by atoms with Crippen molar-refractivity contribution in [3.63, 3.8) is 0 Å². The maximum Gasteiger partial charge on any atom is 0.282 e. The van der Waals surface area contributed by atoms with Crippen molar-refractivity contribution in [1.82, 2.24) is 9.78 Å². The summed E-state index contributed by atoms with van der Waals surface area (Å²) in [5.74, 6) is 0. The van der Waals surface area contributed by atoms with E-state index in [1.165, 1.54) is 4.68 Å². The zero-order chi connectivity index (χ0) is 12.6. The second kappa shape index (κ2) is 4.78. The van der Waals surface area contributed by atoms with E-state index in [-0.39, 0.29) is 11.6 Å². The minimum Gasteiger partial charge on any atom is -0.366 e. The molecular weight excluding hydrogens is 284 g/mol. The molecule has 0 aliphatic carbocycles. The van der Waals surface area contributed by atoms with Crippen LogP contribution in [0.4, 0.5) is 5.69 Å². The van der Waals surface area contributed by atoms with Gasteiger partial charge in [0.1, 0.15) is 4.47 Å². The van der Waals surface area contributed by atoms with Crippen molar-refractivity contribution < 1.29 is 0 Å². The highest BCUT2D eigenvalue weighted by Crippen LogP contribution is 2.27. The standard InChI is InChI=1S/C11H17BrN4O/c1-7-5-8(13)3-4-16(7)9-6-14-15(2)11(17)10(9)12/h6-8H,3-5,13H2,1-2H3. The molecule has 2 rings (SSSR count). The van der Waals surface area contributed by atoms with Crippen LogP contribution in [-0.2, 0) is 7.05 Å². The summed E-state index contributed by atoms with van der Waals surface area (Å²) in [5.41, 5.74) is 6.70. The number of hydrogen-bond donors (Lipinski definition) is 1. The van der Waals surface area contributed by atoms with Crippen LogP contribution in [0.1, 0.15) is 19.8 Å². The Kier molecular flexibility index (Phi) is 3.53. The third-order valence-electron chi connectivity index (χ3n) is 3.29. The van der Waals surface area contributed by atoms with Gasteiger partial charge in [0.2, 0.25) is 0 Å². The number of halogens is 1. The molecule has 1 aromatic heterocycles. The Bertz CT molecular complexity index is 473. The molecule has 2 heterocycles. The number of rotatable bonds is 1. The Hall–Kier alpha value is -0.880. The van der Waals surface area contributed by atoms with E-state index in [9.17, 15) is 4.79 Å². The summed E-state index contributed by atoms with van der Waals surface area (Å²) >= 11 is 3.36. The molecule has 0 saturated carbocycles. The van der Waals surface area contributed by atoms with Crippen molar-refractivity contribution >= 4 is 21.6 Å². The molecule has 1 saturated heterocycles. The van der Waals surface area contributed by atoms with Crippen LogP contribution in [0.3, 0.4) is 0 Å². The molecule has 94 valence electrons. The van der Waals surface area contributed by atoms with Gasteiger partial charge in [0.05, 0.1) is 11.9 Å². The van der Waals surface area contributed by atoms with Crippen LogP contribution < -0.4 is 16.2 Å². The summed E-state index contributed by atoms with van der Waals surface area (Å²) in [7, 11) is 1.65. The Balaban J connectivity index is 2.35. The van der Waals surface area contributed by atoms with Gasteiger partial charge in [-0.1, -0.05) is 0 Å². The minimum absolute atomic E-state index is 0.107. The van der Waals surface area contributed by atoms with Gasteiger partial charge in [0.15, 0.2) is 0 Å². The first-order chi connectivity index (χ1) is 8.00. The summed E-state index contributed by atoms with van der Waals surface area (Å²) in [6, 6.07) is 0.600. The van der Waals surface area contributed by atoms with Crippen molar-refractivity contribution in [2.24, 2.45) is 12.8 Å². The quantitative estimate of drug-likeness (QED) is 0.835. The second-order valence-electron chi connectivity index (χ2n) is 4.60. The zero-order valence-corrected chi connectivity index (χ0v) is 11.6. The molecule has 0 bridgehead atoms. The molecular formula is C11H17BrN4O. The zero-order valence-electron chi connectivity index (χ0n) is 10.1. The van der Waals surface area contributed by atoms with E-state index < -0.39 is 0 Å². The molecule has 17 heavy (non-hydrogen) atoms. The lowest BCUT2D eigenvalue weighted by molar-refractivity contribution is 0.428. The number of hydrogen-bond acceptors (Lipinski definition) is 4. The third-order valence-corrected chi connectivity index (χ3v) is 4.03. The van der Waals surface area contributed by atoms with Gasteiger partial charge in [-0.3, -0.25) is 4.79 Å². The van der Waals surface area contributed by atoms with Gasteiger partial charge in [-0.05, 0) is 35.7 Å². The average molecular weight is 301 g/mol. The molecule has 5 nitrogen and oxygen atoms in total. The smallest absolute Gasteiger partial charge is 0.282 e. The molecule has 0 radical (unpaired) electrons. The number of aromatic nitrogens is 2. The highest BCUT2D eigenvalue weighted by Gasteiger charge is 2.25. The first kappa shape index (κ1) is 12.6. The first-order valence-electron chi connectivity index (χ1n) is 5.74. The van der Waals surface area contributed by atoms with Crippen molar-refractivity contribution in [3.8, 4) is 0 Å². The highest BCUT2D eigenvalue weighted by molar-refractivity contribution is 9.10. The predicted molar refractivity (Wildman–Crippen MR) is 71.2 cm³/mol. The molecule has 2 N–H and O–H groups in total. The fourth-order valence-corrected chi connectivity index (χ4v) is 2.86. The summed E-state index contributed by atoms with van der Waals surface area (Å²) in [6.45, 7) is 3.00. The van der Waals surface area contributed by atoms with E-state index in [0.717, 1.165) is 25.1 Å². The summed E-state index contributed by atoms with van der Waals surface area (Å²) < 4.78 is 1.91. The third kappa shape index (κ3) is 2.37. The summed E-state index contributed by atoms with van der Waals surface area (Å²) in [6.07, 6.45) is 3.63.